The van der Waals surface area contributed by atoms with Gasteiger partial charge in [0, 0.05) is 132 Å². The molecule has 0 N–H and O–H groups in total. The van der Waals surface area contributed by atoms with Gasteiger partial charge in [-0.05, 0) is 32.1 Å². The molecule has 0 radical (unpaired) electrons. The summed E-state index contributed by atoms with van der Waals surface area (Å²) in [4.78, 5) is 47.1. The molecule has 0 saturated carbocycles. The molecule has 390 valence electrons. The first kappa shape index (κ1) is 54.2. The van der Waals surface area contributed by atoms with Gasteiger partial charge in [-0.15, -0.1) is 0 Å². The van der Waals surface area contributed by atoms with Crippen molar-refractivity contribution in [1.29, 1.82) is 0 Å². The SMILES string of the molecule is O=[N+]([O-])c1cc2c(OCCCC(F)(F)F)c(c1)Cc1cc([N+](=O)[O-])cc(c1OCCCC(F)(F)F)C1(Cc3cc([N+](=O)[O-])cc1c3OCCCC(F)(F)F)c1cc([N+](=O)[O-])cc(c1OCCCC(F)(F)F)C2. The fraction of sp³-hybridized carbons (Fsp3) is 0.455. The van der Waals surface area contributed by atoms with Gasteiger partial charge in [-0.25, -0.2) is 0 Å². The van der Waals surface area contributed by atoms with E-state index in [0.717, 1.165) is 48.5 Å². The Morgan fingerprint density at radius 3 is 0.903 bits per heavy atom. The summed E-state index contributed by atoms with van der Waals surface area (Å²) < 4.78 is 185. The number of hydrogen-bond donors (Lipinski definition) is 0. The van der Waals surface area contributed by atoms with Crippen molar-refractivity contribution in [1.82, 2.24) is 0 Å². The molecule has 1 spiro atoms. The average molecular weight is 1040 g/mol. The van der Waals surface area contributed by atoms with Gasteiger partial charge in [0.15, 0.2) is 0 Å². The standard InChI is InChI=1S/C44H38F12N4O12/c45-41(46,47)5-1-9-69-36-24-13-26-17-30(58(63)64)20-33(37(26)70-10-2-6-42(48,49)50)40(23-28-19-32(60(67)68)22-35(40)39(28)72-12-4-8-44(54,55)56)34-21-31(59(65)66)18-27(14-25(36)16-29(15-24)57(61)62)38(34)71-11-3-7-43(51,52)53/h15-22H,1-14,23H2. The molecule has 4 aromatic carbocycles. The maximum Gasteiger partial charge on any atom is 0.389 e. The average Bonchev–Trinajstić information content (AvgIpc) is 3.42. The first-order chi connectivity index (χ1) is 33.5. The molecule has 0 amide bonds. The van der Waals surface area contributed by atoms with Gasteiger partial charge in [-0.1, -0.05) is 0 Å². The van der Waals surface area contributed by atoms with E-state index in [1.165, 1.54) is 0 Å². The molecule has 6 rings (SSSR count). The van der Waals surface area contributed by atoms with E-state index >= 15 is 0 Å². The van der Waals surface area contributed by atoms with Gasteiger partial charge in [0.25, 0.3) is 22.7 Å². The number of nitro benzene ring substituents is 4. The van der Waals surface area contributed by atoms with Gasteiger partial charge in [0.1, 0.15) is 23.0 Å². The number of alkyl halides is 12. The summed E-state index contributed by atoms with van der Waals surface area (Å²) in [6.07, 6.45) is -30.2. The Balaban J connectivity index is 1.80. The van der Waals surface area contributed by atoms with Crippen LogP contribution in [0.15, 0.2) is 48.5 Å². The van der Waals surface area contributed by atoms with E-state index in [1.807, 2.05) is 0 Å². The summed E-state index contributed by atoms with van der Waals surface area (Å²) in [5.74, 6) is -2.05. The Labute approximate surface area is 397 Å². The molecule has 16 nitrogen and oxygen atoms in total. The van der Waals surface area contributed by atoms with Crippen molar-refractivity contribution in [2.24, 2.45) is 0 Å². The minimum absolute atomic E-state index is 0.221. The second-order valence-electron chi connectivity index (χ2n) is 16.8. The lowest BCUT2D eigenvalue weighted by Gasteiger charge is -2.36. The van der Waals surface area contributed by atoms with Crippen LogP contribution in [0.1, 0.15) is 95.9 Å². The lowest BCUT2D eigenvalue weighted by molar-refractivity contribution is -0.385. The van der Waals surface area contributed by atoms with Gasteiger partial charge >= 0.3 is 24.7 Å². The number of nitro groups is 4. The van der Waals surface area contributed by atoms with Gasteiger partial charge in [0.05, 0.1) is 51.5 Å². The third-order valence-corrected chi connectivity index (χ3v) is 11.5. The van der Waals surface area contributed by atoms with Crippen LogP contribution in [0.2, 0.25) is 0 Å². The van der Waals surface area contributed by atoms with E-state index < -0.39 is 220 Å². The predicted octanol–water partition coefficient (Wildman–Crippen LogP) is 12.6. The monoisotopic (exact) mass is 1040 g/mol. The molecule has 0 unspecified atom stereocenters. The van der Waals surface area contributed by atoms with E-state index in [0.29, 0.717) is 0 Å². The number of nitrogens with zero attached hydrogens (tertiary/aromatic N) is 4. The highest BCUT2D eigenvalue weighted by Gasteiger charge is 2.52. The molecule has 2 aliphatic carbocycles. The fourth-order valence-electron chi connectivity index (χ4n) is 8.68. The lowest BCUT2D eigenvalue weighted by atomic mass is 9.68. The molecule has 0 aromatic heterocycles. The Bertz CT molecular complexity index is 2630. The maximum absolute atomic E-state index is 13.6. The zero-order valence-corrected chi connectivity index (χ0v) is 36.9. The second kappa shape index (κ2) is 20.9. The van der Waals surface area contributed by atoms with E-state index in [2.05, 4.69) is 0 Å². The molecule has 28 heteroatoms. The molecule has 2 aliphatic rings. The first-order valence-corrected chi connectivity index (χ1v) is 21.5. The number of non-ortho nitro benzene ring substituents is 4. The molecule has 0 saturated heterocycles. The van der Waals surface area contributed by atoms with E-state index in [4.69, 9.17) is 18.9 Å². The van der Waals surface area contributed by atoms with Crippen LogP contribution in [0.4, 0.5) is 75.4 Å². The van der Waals surface area contributed by atoms with Crippen LogP contribution in [0.3, 0.4) is 0 Å². The molecule has 0 aliphatic heterocycles. The van der Waals surface area contributed by atoms with E-state index in [-0.39, 0.29) is 16.7 Å². The molecule has 72 heavy (non-hydrogen) atoms. The first-order valence-electron chi connectivity index (χ1n) is 21.5. The van der Waals surface area contributed by atoms with Gasteiger partial charge < -0.3 is 18.9 Å². The molecule has 0 atom stereocenters. The maximum atomic E-state index is 13.6. The van der Waals surface area contributed by atoms with Crippen molar-refractivity contribution in [2.45, 2.75) is 101 Å². The molecule has 0 heterocycles. The topological polar surface area (TPSA) is 209 Å². The lowest BCUT2D eigenvalue weighted by Crippen LogP contribution is -2.31. The van der Waals surface area contributed by atoms with Crippen LogP contribution in [-0.4, -0.2) is 70.8 Å². The quantitative estimate of drug-likeness (QED) is 0.0350. The minimum Gasteiger partial charge on any atom is -0.493 e. The Morgan fingerprint density at radius 2 is 0.625 bits per heavy atom. The zero-order chi connectivity index (χ0) is 53.1. The third kappa shape index (κ3) is 13.0. The summed E-state index contributed by atoms with van der Waals surface area (Å²) in [5, 5.41) is 51.0. The second-order valence-corrected chi connectivity index (χ2v) is 16.8. The van der Waals surface area contributed by atoms with Crippen molar-refractivity contribution >= 4 is 22.7 Å². The largest absolute Gasteiger partial charge is 0.493 e. The number of rotatable bonds is 20. The normalized spacial score (nSPS) is 14.1. The summed E-state index contributed by atoms with van der Waals surface area (Å²) in [5.41, 5.74) is -8.98. The van der Waals surface area contributed by atoms with Crippen LogP contribution < -0.4 is 18.9 Å². The van der Waals surface area contributed by atoms with Crippen LogP contribution in [0.25, 0.3) is 0 Å². The number of fused-ring (bicyclic) bond motifs is 11. The van der Waals surface area contributed by atoms with Crippen molar-refractivity contribution in [3.63, 3.8) is 0 Å². The highest BCUT2D eigenvalue weighted by molar-refractivity contribution is 5.75. The zero-order valence-electron chi connectivity index (χ0n) is 36.9. The van der Waals surface area contributed by atoms with E-state index in [1.54, 1.807) is 0 Å². The van der Waals surface area contributed by atoms with Gasteiger partial charge in [-0.3, -0.25) is 40.5 Å². The number of hydrogen-bond acceptors (Lipinski definition) is 12. The van der Waals surface area contributed by atoms with Crippen molar-refractivity contribution in [3.05, 3.63) is 133 Å². The van der Waals surface area contributed by atoms with Gasteiger partial charge in [-0.2, -0.15) is 52.7 Å². The molecular formula is C44H38F12N4O12. The predicted molar refractivity (Wildman–Crippen MR) is 225 cm³/mol. The summed E-state index contributed by atoms with van der Waals surface area (Å²) >= 11 is 0. The Morgan fingerprint density at radius 1 is 0.389 bits per heavy atom. The van der Waals surface area contributed by atoms with Crippen molar-refractivity contribution in [3.8, 4) is 23.0 Å². The van der Waals surface area contributed by atoms with Gasteiger partial charge in [0.2, 0.25) is 0 Å². The molecule has 4 aromatic rings. The smallest absolute Gasteiger partial charge is 0.389 e. The minimum atomic E-state index is -4.79. The van der Waals surface area contributed by atoms with Crippen molar-refractivity contribution in [2.75, 3.05) is 26.4 Å². The number of ether oxygens (including phenoxy) is 4. The van der Waals surface area contributed by atoms with E-state index in [9.17, 15) is 93.1 Å². The molecular weight excluding hydrogens is 1000 g/mol. The van der Waals surface area contributed by atoms with Crippen LogP contribution in [0, 0.1) is 40.5 Å². The highest BCUT2D eigenvalue weighted by Crippen LogP contribution is 2.60. The summed E-state index contributed by atoms with van der Waals surface area (Å²) in [6, 6.07) is 6.65. The molecule has 0 fully saturated rings. The van der Waals surface area contributed by atoms with Crippen LogP contribution >= 0.6 is 0 Å². The Hall–Kier alpha value is -7.16. The Kier molecular flexibility index (Phi) is 15.7. The van der Waals surface area contributed by atoms with Crippen LogP contribution in [-0.2, 0) is 24.7 Å². The van der Waals surface area contributed by atoms with Crippen molar-refractivity contribution < 1.29 is 91.3 Å². The number of halogens is 12. The highest BCUT2D eigenvalue weighted by atomic mass is 19.4. The fourth-order valence-corrected chi connectivity index (χ4v) is 8.68. The third-order valence-electron chi connectivity index (χ3n) is 11.5. The molecule has 8 bridgehead atoms. The van der Waals surface area contributed by atoms with Crippen LogP contribution in [0.5, 0.6) is 23.0 Å². The summed E-state index contributed by atoms with van der Waals surface area (Å²) in [6.45, 7) is -3.31. The number of benzene rings is 4. The summed E-state index contributed by atoms with van der Waals surface area (Å²) in [7, 11) is 0.